The Bertz CT molecular complexity index is 624. The molecule has 2 aliphatic heterocycles. The van der Waals surface area contributed by atoms with Crippen molar-refractivity contribution in [1.82, 2.24) is 0 Å². The highest BCUT2D eigenvalue weighted by atomic mass is 31.1. The second-order valence-corrected chi connectivity index (χ2v) is 21.5. The van der Waals surface area contributed by atoms with Gasteiger partial charge < -0.3 is 0 Å². The smallest absolute Gasteiger partial charge is 0.00353 e. The molecule has 2 saturated heterocycles. The van der Waals surface area contributed by atoms with Crippen LogP contribution in [0.25, 0.3) is 0 Å². The molecule has 4 saturated carbocycles. The standard InChI is InChI=1S/C36H64P2/c1-29(37-27-15-25-35(37,31-17-7-3-8-18-31)32-19-9-4-10-20-32)30(2)38-28-16-26-36(38,33-21-11-5-12-22-33)34-23-13-6-14-24-34/h29-34H,3-28H2,1-2H3. The first-order chi connectivity index (χ1) is 18.7. The molecule has 2 heteroatoms. The number of hydrogen-bond donors (Lipinski definition) is 0. The van der Waals surface area contributed by atoms with Crippen LogP contribution < -0.4 is 0 Å². The van der Waals surface area contributed by atoms with E-state index in [1.165, 1.54) is 25.7 Å². The Kier molecular flexibility index (Phi) is 9.92. The number of hydrogen-bond acceptors (Lipinski definition) is 0. The third-order valence-corrected chi connectivity index (χ3v) is 22.7. The van der Waals surface area contributed by atoms with E-state index < -0.39 is 0 Å². The predicted molar refractivity (Wildman–Crippen MR) is 173 cm³/mol. The largest absolute Gasteiger partial charge is 0.0962 e. The molecule has 4 atom stereocenters. The van der Waals surface area contributed by atoms with Crippen LogP contribution in [0.2, 0.25) is 0 Å². The second-order valence-electron chi connectivity index (χ2n) is 15.4. The predicted octanol–water partition coefficient (Wildman–Crippen LogP) is 12.1. The first kappa shape index (κ1) is 29.0. The quantitative estimate of drug-likeness (QED) is 0.273. The van der Waals surface area contributed by atoms with Gasteiger partial charge in [-0.2, -0.15) is 0 Å². The summed E-state index contributed by atoms with van der Waals surface area (Å²) in [6, 6.07) is 0. The van der Waals surface area contributed by atoms with Crippen LogP contribution in [0.1, 0.15) is 168 Å². The molecule has 0 spiro atoms. The summed E-state index contributed by atoms with van der Waals surface area (Å²) in [5.41, 5.74) is 2.10. The summed E-state index contributed by atoms with van der Waals surface area (Å²) in [6.07, 6.45) is 41.4. The van der Waals surface area contributed by atoms with Crippen molar-refractivity contribution in [3.63, 3.8) is 0 Å². The van der Waals surface area contributed by atoms with Crippen molar-refractivity contribution >= 4 is 15.8 Å². The lowest BCUT2D eigenvalue weighted by Gasteiger charge is -2.56. The molecular weight excluding hydrogens is 494 g/mol. The molecule has 0 radical (unpaired) electrons. The molecule has 0 nitrogen and oxygen atoms in total. The van der Waals surface area contributed by atoms with Crippen LogP contribution in [0.4, 0.5) is 0 Å². The zero-order chi connectivity index (χ0) is 26.0. The zero-order valence-corrected chi connectivity index (χ0v) is 27.5. The van der Waals surface area contributed by atoms with E-state index in [1.807, 2.05) is 0 Å². The van der Waals surface area contributed by atoms with Crippen molar-refractivity contribution in [3.05, 3.63) is 0 Å². The summed E-state index contributed by atoms with van der Waals surface area (Å²) in [7, 11) is 0.369. The Labute approximate surface area is 240 Å². The Morgan fingerprint density at radius 3 is 0.921 bits per heavy atom. The van der Waals surface area contributed by atoms with Crippen molar-refractivity contribution in [2.24, 2.45) is 23.7 Å². The average Bonchev–Trinajstić information content (AvgIpc) is 3.65. The second kappa shape index (κ2) is 13.0. The molecule has 6 aliphatic rings. The van der Waals surface area contributed by atoms with Gasteiger partial charge in [-0.3, -0.25) is 0 Å². The van der Waals surface area contributed by atoms with Crippen LogP contribution in [0, 0.1) is 23.7 Å². The summed E-state index contributed by atoms with van der Waals surface area (Å²) in [5.74, 6) is 4.45. The number of rotatable bonds is 7. The van der Waals surface area contributed by atoms with Crippen molar-refractivity contribution in [1.29, 1.82) is 0 Å². The highest BCUT2D eigenvalue weighted by Crippen LogP contribution is 2.77. The molecule has 218 valence electrons. The Balaban J connectivity index is 1.30. The van der Waals surface area contributed by atoms with Crippen LogP contribution in [-0.2, 0) is 0 Å². The molecule has 0 N–H and O–H groups in total. The summed E-state index contributed by atoms with van der Waals surface area (Å²) in [4.78, 5) is 0. The SMILES string of the molecule is CC(C(C)P1CCCC1(C1CCCCC1)C1CCCCC1)P1CCCC1(C1CCCCC1)C1CCCCC1. The molecular formula is C36H64P2. The fourth-order valence-electron chi connectivity index (χ4n) is 12.3. The first-order valence-corrected chi connectivity index (χ1v) is 21.4. The third-order valence-electron chi connectivity index (χ3n) is 14.0. The first-order valence-electron chi connectivity index (χ1n) is 18.2. The van der Waals surface area contributed by atoms with Crippen molar-refractivity contribution in [2.45, 2.75) is 190 Å². The topological polar surface area (TPSA) is 0 Å². The normalized spacial score (nSPS) is 35.8. The Morgan fingerprint density at radius 2 is 0.658 bits per heavy atom. The van der Waals surface area contributed by atoms with Gasteiger partial charge in [0, 0.05) is 0 Å². The van der Waals surface area contributed by atoms with E-state index in [9.17, 15) is 0 Å². The van der Waals surface area contributed by atoms with Crippen LogP contribution in [0.3, 0.4) is 0 Å². The van der Waals surface area contributed by atoms with E-state index in [1.54, 1.807) is 141 Å². The minimum absolute atomic E-state index is 0.185. The average molecular weight is 559 g/mol. The minimum atomic E-state index is 0.185. The molecule has 4 aliphatic carbocycles. The van der Waals surface area contributed by atoms with Gasteiger partial charge in [0.05, 0.1) is 0 Å². The van der Waals surface area contributed by atoms with Gasteiger partial charge in [0.1, 0.15) is 0 Å². The van der Waals surface area contributed by atoms with Gasteiger partial charge in [-0.1, -0.05) is 107 Å². The van der Waals surface area contributed by atoms with Crippen LogP contribution in [0.15, 0.2) is 0 Å². The van der Waals surface area contributed by atoms with Crippen molar-refractivity contribution in [2.75, 3.05) is 12.3 Å². The molecule has 0 bridgehead atoms. The fraction of sp³-hybridized carbons (Fsp3) is 1.00. The van der Waals surface area contributed by atoms with Crippen LogP contribution in [0.5, 0.6) is 0 Å². The molecule has 0 amide bonds. The van der Waals surface area contributed by atoms with Gasteiger partial charge in [-0.05, 0) is 135 Å². The molecule has 0 aromatic heterocycles. The van der Waals surface area contributed by atoms with Gasteiger partial charge in [0.25, 0.3) is 0 Å². The van der Waals surface area contributed by atoms with Crippen LogP contribution >= 0.6 is 15.8 Å². The summed E-state index contributed by atoms with van der Waals surface area (Å²) in [6.45, 7) is 5.77. The van der Waals surface area contributed by atoms with Gasteiger partial charge in [-0.15, -0.1) is 0 Å². The summed E-state index contributed by atoms with van der Waals surface area (Å²) < 4.78 is 0. The molecule has 6 fully saturated rings. The minimum Gasteiger partial charge on any atom is -0.0962 e. The molecule has 0 aromatic rings. The monoisotopic (exact) mass is 558 g/mol. The van der Waals surface area contributed by atoms with Gasteiger partial charge in [0.2, 0.25) is 0 Å². The van der Waals surface area contributed by atoms with Gasteiger partial charge in [0.15, 0.2) is 0 Å². The van der Waals surface area contributed by atoms with Crippen LogP contribution in [-0.4, -0.2) is 34.0 Å². The van der Waals surface area contributed by atoms with E-state index in [0.717, 1.165) is 45.3 Å². The lowest BCUT2D eigenvalue weighted by atomic mass is 9.67. The maximum Gasteiger partial charge on any atom is -0.00353 e. The molecule has 38 heavy (non-hydrogen) atoms. The van der Waals surface area contributed by atoms with E-state index in [-0.39, 0.29) is 15.8 Å². The Morgan fingerprint density at radius 1 is 0.395 bits per heavy atom. The maximum atomic E-state index is 2.88. The lowest BCUT2D eigenvalue weighted by Crippen LogP contribution is -2.48. The van der Waals surface area contributed by atoms with E-state index in [2.05, 4.69) is 13.8 Å². The third kappa shape index (κ3) is 5.27. The zero-order valence-electron chi connectivity index (χ0n) is 25.7. The van der Waals surface area contributed by atoms with E-state index >= 15 is 0 Å². The van der Waals surface area contributed by atoms with E-state index in [0.29, 0.717) is 0 Å². The summed E-state index contributed by atoms with van der Waals surface area (Å²) in [5, 5.41) is 1.61. The highest BCUT2D eigenvalue weighted by Gasteiger charge is 2.58. The van der Waals surface area contributed by atoms with Gasteiger partial charge in [-0.25, -0.2) is 0 Å². The molecule has 4 unspecified atom stereocenters. The van der Waals surface area contributed by atoms with E-state index in [4.69, 9.17) is 0 Å². The van der Waals surface area contributed by atoms with Crippen molar-refractivity contribution < 1.29 is 0 Å². The Hall–Kier alpha value is 0.860. The van der Waals surface area contributed by atoms with Gasteiger partial charge >= 0.3 is 0 Å². The molecule has 6 rings (SSSR count). The fourth-order valence-corrected chi connectivity index (χ4v) is 22.3. The molecule has 2 heterocycles. The molecule has 0 aromatic carbocycles. The van der Waals surface area contributed by atoms with Crippen molar-refractivity contribution in [3.8, 4) is 0 Å². The lowest BCUT2D eigenvalue weighted by molar-refractivity contribution is 0.165. The summed E-state index contributed by atoms with van der Waals surface area (Å²) >= 11 is 0. The highest BCUT2D eigenvalue weighted by molar-refractivity contribution is 7.64. The maximum absolute atomic E-state index is 2.88.